The number of esters is 1. The highest BCUT2D eigenvalue weighted by atomic mass is 16.7. The first kappa shape index (κ1) is 29.5. The van der Waals surface area contributed by atoms with Gasteiger partial charge in [0.25, 0.3) is 0 Å². The van der Waals surface area contributed by atoms with Crippen LogP contribution in [0.2, 0.25) is 0 Å². The van der Waals surface area contributed by atoms with Crippen molar-refractivity contribution in [1.82, 2.24) is 0 Å². The van der Waals surface area contributed by atoms with E-state index >= 15 is 0 Å². The number of aliphatic hydroxyl groups is 2. The number of cyclic esters (lactones) is 1. The Labute approximate surface area is 242 Å². The standard InChI is InChI=1S/C32H48O9/c1-17-29(36)24(38-4)14-27(40-17)41-21-7-9-30(2)20(13-21)5-6-23-22(30)8-10-31(3)28(19-12-26(35)39-16-19)18(11-25(33)34)15-32(23,31)37/h12,17-18,20-24,27-29,36-37H,5-11,13-16H2,1-4H3,(H,33,34). The number of hydrogen-bond acceptors (Lipinski definition) is 8. The number of ether oxygens (including phenoxy) is 4. The minimum Gasteiger partial charge on any atom is -0.481 e. The molecule has 0 aromatic heterocycles. The lowest BCUT2D eigenvalue weighted by Gasteiger charge is -2.63. The lowest BCUT2D eigenvalue weighted by molar-refractivity contribution is -0.273. The van der Waals surface area contributed by atoms with E-state index in [1.165, 1.54) is 0 Å². The quantitative estimate of drug-likeness (QED) is 0.319. The summed E-state index contributed by atoms with van der Waals surface area (Å²) in [5.74, 6) is -0.663. The summed E-state index contributed by atoms with van der Waals surface area (Å²) in [5.41, 5.74) is -0.526. The van der Waals surface area contributed by atoms with E-state index in [0.717, 1.165) is 50.5 Å². The molecule has 13 unspecified atom stereocenters. The van der Waals surface area contributed by atoms with E-state index in [2.05, 4.69) is 13.8 Å². The largest absolute Gasteiger partial charge is 0.481 e. The number of carbonyl (C=O) groups is 2. The number of carboxylic acids is 1. The fourth-order valence-corrected chi connectivity index (χ4v) is 10.8. The average Bonchev–Trinajstić information content (AvgIpc) is 3.42. The maximum absolute atomic E-state index is 12.7. The molecule has 2 heterocycles. The van der Waals surface area contributed by atoms with Crippen LogP contribution in [0.15, 0.2) is 11.6 Å². The molecule has 3 N–H and O–H groups in total. The maximum atomic E-state index is 12.7. The summed E-state index contributed by atoms with van der Waals surface area (Å²) in [7, 11) is 1.62. The molecular weight excluding hydrogens is 528 g/mol. The Hall–Kier alpha value is -1.52. The minimum atomic E-state index is -0.976. The van der Waals surface area contributed by atoms with Gasteiger partial charge in [0.1, 0.15) is 12.7 Å². The van der Waals surface area contributed by atoms with Gasteiger partial charge in [0.05, 0.1) is 23.9 Å². The molecule has 0 aromatic rings. The van der Waals surface area contributed by atoms with Gasteiger partial charge in [-0.3, -0.25) is 4.79 Å². The number of aliphatic carboxylic acids is 1. The van der Waals surface area contributed by atoms with Gasteiger partial charge in [-0.1, -0.05) is 13.8 Å². The van der Waals surface area contributed by atoms with Crippen LogP contribution in [0, 0.1) is 40.4 Å². The van der Waals surface area contributed by atoms with E-state index in [9.17, 15) is 24.9 Å². The molecule has 4 aliphatic carbocycles. The van der Waals surface area contributed by atoms with Crippen LogP contribution in [-0.2, 0) is 28.5 Å². The first-order valence-electron chi connectivity index (χ1n) is 15.7. The molecule has 1 saturated heterocycles. The maximum Gasteiger partial charge on any atom is 0.331 e. The summed E-state index contributed by atoms with van der Waals surface area (Å²) in [6.45, 7) is 6.62. The normalized spacial score (nSPS) is 51.3. The third-order valence-corrected chi connectivity index (χ3v) is 12.8. The van der Waals surface area contributed by atoms with E-state index in [-0.39, 0.29) is 66.8 Å². The highest BCUT2D eigenvalue weighted by Crippen LogP contribution is 2.71. The molecule has 13 atom stereocenters. The van der Waals surface area contributed by atoms with Gasteiger partial charge in [0.15, 0.2) is 6.29 Å². The predicted molar refractivity (Wildman–Crippen MR) is 147 cm³/mol. The van der Waals surface area contributed by atoms with E-state index in [1.807, 2.05) is 6.92 Å². The molecule has 0 aromatic carbocycles. The first-order chi connectivity index (χ1) is 19.4. The summed E-state index contributed by atoms with van der Waals surface area (Å²) in [6.07, 6.45) is 7.57. The molecule has 5 fully saturated rings. The minimum absolute atomic E-state index is 0.00674. The van der Waals surface area contributed by atoms with Gasteiger partial charge < -0.3 is 34.3 Å². The SMILES string of the molecule is COC1CC(OC2CCC3(C)C(CCC4C3CCC3(C)C(C5=CC(=O)OC5)C(CC(=O)O)CC43O)C2)OC(C)C1O. The van der Waals surface area contributed by atoms with Crippen molar-refractivity contribution in [1.29, 1.82) is 0 Å². The van der Waals surface area contributed by atoms with Crippen molar-refractivity contribution in [2.24, 2.45) is 40.4 Å². The lowest BCUT2D eigenvalue weighted by Crippen LogP contribution is -2.62. The van der Waals surface area contributed by atoms with Gasteiger partial charge in [-0.05, 0) is 98.9 Å². The van der Waals surface area contributed by atoms with Crippen LogP contribution in [0.4, 0.5) is 0 Å². The van der Waals surface area contributed by atoms with E-state index in [0.29, 0.717) is 24.7 Å². The van der Waals surface area contributed by atoms with Crippen LogP contribution < -0.4 is 0 Å². The van der Waals surface area contributed by atoms with Crippen molar-refractivity contribution in [3.05, 3.63) is 11.6 Å². The molecule has 6 rings (SSSR count). The van der Waals surface area contributed by atoms with Crippen molar-refractivity contribution in [2.45, 2.75) is 121 Å². The van der Waals surface area contributed by atoms with Crippen molar-refractivity contribution in [3.63, 3.8) is 0 Å². The molecule has 0 radical (unpaired) electrons. The molecule has 9 heteroatoms. The second-order valence-corrected chi connectivity index (χ2v) is 14.5. The van der Waals surface area contributed by atoms with Crippen molar-refractivity contribution < 1.29 is 43.9 Å². The molecule has 6 aliphatic rings. The van der Waals surface area contributed by atoms with Crippen LogP contribution in [-0.4, -0.2) is 77.3 Å². The number of rotatable bonds is 6. The van der Waals surface area contributed by atoms with Crippen LogP contribution in [0.3, 0.4) is 0 Å². The van der Waals surface area contributed by atoms with Gasteiger partial charge in [0.2, 0.25) is 0 Å². The number of carboxylic acid groups (broad SMARTS) is 1. The Morgan fingerprint density at radius 3 is 2.59 bits per heavy atom. The molecule has 2 aliphatic heterocycles. The highest BCUT2D eigenvalue weighted by Gasteiger charge is 2.70. The molecule has 0 bridgehead atoms. The zero-order chi connectivity index (χ0) is 29.3. The van der Waals surface area contributed by atoms with Gasteiger partial charge in [-0.2, -0.15) is 0 Å². The summed E-state index contributed by atoms with van der Waals surface area (Å²) in [6, 6.07) is 0. The van der Waals surface area contributed by atoms with Crippen LogP contribution in [0.5, 0.6) is 0 Å². The van der Waals surface area contributed by atoms with Crippen LogP contribution >= 0.6 is 0 Å². The summed E-state index contributed by atoms with van der Waals surface area (Å²) < 4.78 is 23.2. The summed E-state index contributed by atoms with van der Waals surface area (Å²) in [4.78, 5) is 23.9. The van der Waals surface area contributed by atoms with Crippen molar-refractivity contribution in [3.8, 4) is 0 Å². The smallest absolute Gasteiger partial charge is 0.331 e. The molecule has 0 spiro atoms. The second-order valence-electron chi connectivity index (χ2n) is 14.5. The third-order valence-electron chi connectivity index (χ3n) is 12.8. The van der Waals surface area contributed by atoms with Crippen LogP contribution in [0.25, 0.3) is 0 Å². The Kier molecular flexibility index (Phi) is 7.62. The molecule has 41 heavy (non-hydrogen) atoms. The van der Waals surface area contributed by atoms with Gasteiger partial charge in [0, 0.05) is 31.4 Å². The topological polar surface area (TPSA) is 132 Å². The number of hydrogen-bond donors (Lipinski definition) is 3. The fourth-order valence-electron chi connectivity index (χ4n) is 10.8. The number of carbonyl (C=O) groups excluding carboxylic acids is 1. The Balaban J connectivity index is 1.19. The first-order valence-corrected chi connectivity index (χ1v) is 15.7. The second kappa shape index (κ2) is 10.6. The van der Waals surface area contributed by atoms with Crippen molar-refractivity contribution in [2.75, 3.05) is 13.7 Å². The predicted octanol–water partition coefficient (Wildman–Crippen LogP) is 3.84. The Bertz CT molecular complexity index is 1080. The monoisotopic (exact) mass is 576 g/mol. The molecule has 9 nitrogen and oxygen atoms in total. The van der Waals surface area contributed by atoms with Crippen LogP contribution in [0.1, 0.15) is 85.0 Å². The van der Waals surface area contributed by atoms with Gasteiger partial charge in [-0.15, -0.1) is 0 Å². The number of aliphatic hydroxyl groups excluding tert-OH is 1. The van der Waals surface area contributed by atoms with Gasteiger partial charge >= 0.3 is 11.9 Å². The summed E-state index contributed by atoms with van der Waals surface area (Å²) in [5, 5.41) is 32.8. The van der Waals surface area contributed by atoms with E-state index in [1.54, 1.807) is 13.2 Å². The zero-order valence-corrected chi connectivity index (χ0v) is 24.9. The average molecular weight is 577 g/mol. The highest BCUT2D eigenvalue weighted by molar-refractivity contribution is 5.85. The van der Waals surface area contributed by atoms with E-state index < -0.39 is 23.1 Å². The Morgan fingerprint density at radius 1 is 1.12 bits per heavy atom. The number of methoxy groups -OCH3 is 1. The summed E-state index contributed by atoms with van der Waals surface area (Å²) >= 11 is 0. The Morgan fingerprint density at radius 2 is 1.90 bits per heavy atom. The molecule has 230 valence electrons. The lowest BCUT2D eigenvalue weighted by atomic mass is 9.43. The zero-order valence-electron chi connectivity index (χ0n) is 24.9. The fraction of sp³-hybridized carbons (Fsp3) is 0.875. The molecular formula is C32H48O9. The third kappa shape index (κ3) is 4.69. The van der Waals surface area contributed by atoms with Gasteiger partial charge in [-0.25, -0.2) is 4.79 Å². The number of fused-ring (bicyclic) bond motifs is 5. The van der Waals surface area contributed by atoms with E-state index in [4.69, 9.17) is 18.9 Å². The molecule has 4 saturated carbocycles. The van der Waals surface area contributed by atoms with Crippen molar-refractivity contribution >= 4 is 11.9 Å². The molecule has 0 amide bonds.